The second kappa shape index (κ2) is 7.58. The van der Waals surface area contributed by atoms with E-state index in [1.807, 2.05) is 13.0 Å². The lowest BCUT2D eigenvalue weighted by molar-refractivity contribution is -0.119. The maximum atomic E-state index is 11.7. The second-order valence-corrected chi connectivity index (χ2v) is 4.18. The van der Waals surface area contributed by atoms with Gasteiger partial charge in [0.1, 0.15) is 0 Å². The van der Waals surface area contributed by atoms with Crippen LogP contribution in [0.3, 0.4) is 0 Å². The minimum atomic E-state index is -0.168. The molecule has 5 nitrogen and oxygen atoms in total. The van der Waals surface area contributed by atoms with Gasteiger partial charge in [0.2, 0.25) is 5.91 Å². The highest BCUT2D eigenvalue weighted by atomic mass is 32.1. The highest BCUT2D eigenvalue weighted by Crippen LogP contribution is 2.27. The van der Waals surface area contributed by atoms with Crippen LogP contribution in [-0.4, -0.2) is 31.8 Å². The van der Waals surface area contributed by atoms with E-state index in [1.54, 1.807) is 26.4 Å². The van der Waals surface area contributed by atoms with Crippen LogP contribution in [-0.2, 0) is 11.2 Å². The summed E-state index contributed by atoms with van der Waals surface area (Å²) in [6, 6.07) is 5.36. The Hall–Kier alpha value is -1.82. The number of carbonyl (C=O) groups is 1. The highest BCUT2D eigenvalue weighted by molar-refractivity contribution is 7.80. The van der Waals surface area contributed by atoms with Gasteiger partial charge in [-0.2, -0.15) is 0 Å². The molecule has 0 unspecified atom stereocenters. The molecular formula is C13H18N2O3S. The number of amides is 1. The van der Waals surface area contributed by atoms with E-state index >= 15 is 0 Å². The van der Waals surface area contributed by atoms with Gasteiger partial charge in [-0.05, 0) is 36.8 Å². The molecule has 0 heterocycles. The van der Waals surface area contributed by atoms with Crippen LogP contribution in [0.25, 0.3) is 0 Å². The lowest BCUT2D eigenvalue weighted by atomic mass is 10.1. The topological polar surface area (TPSA) is 59.6 Å². The summed E-state index contributed by atoms with van der Waals surface area (Å²) in [6.07, 6.45) is 0.228. The third kappa shape index (κ3) is 4.75. The Morgan fingerprint density at radius 1 is 1.26 bits per heavy atom. The van der Waals surface area contributed by atoms with Gasteiger partial charge in [0, 0.05) is 6.54 Å². The van der Waals surface area contributed by atoms with E-state index in [4.69, 9.17) is 21.7 Å². The van der Waals surface area contributed by atoms with Crippen LogP contribution in [0, 0.1) is 0 Å². The Bertz CT molecular complexity index is 463. The fourth-order valence-corrected chi connectivity index (χ4v) is 1.81. The summed E-state index contributed by atoms with van der Waals surface area (Å²) in [4.78, 5) is 11.7. The lowest BCUT2D eigenvalue weighted by Crippen LogP contribution is -2.39. The number of methoxy groups -OCH3 is 2. The van der Waals surface area contributed by atoms with Crippen molar-refractivity contribution in [1.29, 1.82) is 0 Å². The molecule has 0 aliphatic heterocycles. The number of hydrogen-bond donors (Lipinski definition) is 2. The minimum absolute atomic E-state index is 0.168. The van der Waals surface area contributed by atoms with Gasteiger partial charge in [-0.25, -0.2) is 0 Å². The van der Waals surface area contributed by atoms with E-state index < -0.39 is 0 Å². The SMILES string of the molecule is CCNC(=S)NC(=O)Cc1ccc(OC)c(OC)c1. The maximum Gasteiger partial charge on any atom is 0.230 e. The van der Waals surface area contributed by atoms with E-state index in [-0.39, 0.29) is 12.3 Å². The zero-order chi connectivity index (χ0) is 14.3. The molecule has 0 bridgehead atoms. The summed E-state index contributed by atoms with van der Waals surface area (Å²) in [6.45, 7) is 2.59. The molecule has 1 aromatic rings. The first-order valence-corrected chi connectivity index (χ1v) is 6.30. The van der Waals surface area contributed by atoms with Crippen molar-refractivity contribution in [2.24, 2.45) is 0 Å². The molecule has 0 saturated heterocycles. The average molecular weight is 282 g/mol. The largest absolute Gasteiger partial charge is 0.493 e. The van der Waals surface area contributed by atoms with Gasteiger partial charge in [-0.15, -0.1) is 0 Å². The van der Waals surface area contributed by atoms with Gasteiger partial charge in [0.15, 0.2) is 16.6 Å². The lowest BCUT2D eigenvalue weighted by Gasteiger charge is -2.10. The minimum Gasteiger partial charge on any atom is -0.493 e. The fourth-order valence-electron chi connectivity index (χ4n) is 1.55. The van der Waals surface area contributed by atoms with Gasteiger partial charge in [0.25, 0.3) is 0 Å². The molecule has 2 N–H and O–H groups in total. The predicted octanol–water partition coefficient (Wildman–Crippen LogP) is 1.26. The standard InChI is InChI=1S/C13H18N2O3S/c1-4-14-13(19)15-12(16)8-9-5-6-10(17-2)11(7-9)18-3/h5-7H,4,8H2,1-3H3,(H2,14,15,16,19). The van der Waals surface area contributed by atoms with Crippen LogP contribution in [0.4, 0.5) is 0 Å². The highest BCUT2D eigenvalue weighted by Gasteiger charge is 2.09. The Kier molecular flexibility index (Phi) is 6.08. The van der Waals surface area contributed by atoms with Crippen LogP contribution in [0.5, 0.6) is 11.5 Å². The van der Waals surface area contributed by atoms with Crippen molar-refractivity contribution in [3.63, 3.8) is 0 Å². The van der Waals surface area contributed by atoms with Crippen LogP contribution >= 0.6 is 12.2 Å². The Labute approximate surface area is 118 Å². The fraction of sp³-hybridized carbons (Fsp3) is 0.385. The van der Waals surface area contributed by atoms with Gasteiger partial charge in [-0.1, -0.05) is 6.07 Å². The monoisotopic (exact) mass is 282 g/mol. The molecule has 0 aliphatic rings. The average Bonchev–Trinajstić information content (AvgIpc) is 2.38. The van der Waals surface area contributed by atoms with Gasteiger partial charge in [-0.3, -0.25) is 4.79 Å². The first-order chi connectivity index (χ1) is 9.10. The Morgan fingerprint density at radius 3 is 2.53 bits per heavy atom. The zero-order valence-electron chi connectivity index (χ0n) is 11.3. The van der Waals surface area contributed by atoms with Crippen molar-refractivity contribution in [2.45, 2.75) is 13.3 Å². The van der Waals surface area contributed by atoms with Crippen LogP contribution in [0.2, 0.25) is 0 Å². The zero-order valence-corrected chi connectivity index (χ0v) is 12.1. The smallest absolute Gasteiger partial charge is 0.230 e. The van der Waals surface area contributed by atoms with E-state index in [2.05, 4.69) is 10.6 Å². The molecule has 0 spiro atoms. The summed E-state index contributed by atoms with van der Waals surface area (Å²) >= 11 is 4.95. The first kappa shape index (κ1) is 15.2. The number of nitrogens with one attached hydrogen (secondary N) is 2. The van der Waals surface area contributed by atoms with Crippen molar-refractivity contribution >= 4 is 23.2 Å². The first-order valence-electron chi connectivity index (χ1n) is 5.89. The van der Waals surface area contributed by atoms with Gasteiger partial charge >= 0.3 is 0 Å². The number of thiocarbonyl (C=S) groups is 1. The number of rotatable bonds is 5. The van der Waals surface area contributed by atoms with Crippen LogP contribution in [0.1, 0.15) is 12.5 Å². The summed E-state index contributed by atoms with van der Waals surface area (Å²) in [7, 11) is 3.13. The number of hydrogen-bond acceptors (Lipinski definition) is 4. The molecule has 0 fully saturated rings. The molecule has 1 aromatic carbocycles. The van der Waals surface area contributed by atoms with Gasteiger partial charge in [0.05, 0.1) is 20.6 Å². The van der Waals surface area contributed by atoms with Gasteiger partial charge < -0.3 is 20.1 Å². The van der Waals surface area contributed by atoms with Crippen LogP contribution in [0.15, 0.2) is 18.2 Å². The predicted molar refractivity (Wildman–Crippen MR) is 77.7 cm³/mol. The normalized spacial score (nSPS) is 9.63. The number of benzene rings is 1. The van der Waals surface area contributed by atoms with E-state index in [0.717, 1.165) is 5.56 Å². The number of carbonyl (C=O) groups excluding carboxylic acids is 1. The van der Waals surface area contributed by atoms with Crippen molar-refractivity contribution < 1.29 is 14.3 Å². The molecule has 0 atom stereocenters. The molecule has 104 valence electrons. The van der Waals surface area contributed by atoms with E-state index in [1.165, 1.54) is 0 Å². The molecular weight excluding hydrogens is 264 g/mol. The van der Waals surface area contributed by atoms with Crippen molar-refractivity contribution in [1.82, 2.24) is 10.6 Å². The van der Waals surface area contributed by atoms with Crippen molar-refractivity contribution in [2.75, 3.05) is 20.8 Å². The van der Waals surface area contributed by atoms with Crippen molar-refractivity contribution in [3.8, 4) is 11.5 Å². The number of ether oxygens (including phenoxy) is 2. The molecule has 6 heteroatoms. The van der Waals surface area contributed by atoms with Crippen LogP contribution < -0.4 is 20.1 Å². The van der Waals surface area contributed by atoms with Crippen molar-refractivity contribution in [3.05, 3.63) is 23.8 Å². The third-order valence-corrected chi connectivity index (χ3v) is 2.65. The summed E-state index contributed by atoms with van der Waals surface area (Å²) < 4.78 is 10.3. The second-order valence-electron chi connectivity index (χ2n) is 3.77. The Morgan fingerprint density at radius 2 is 1.95 bits per heavy atom. The quantitative estimate of drug-likeness (QED) is 0.796. The Balaban J connectivity index is 2.66. The molecule has 19 heavy (non-hydrogen) atoms. The van der Waals surface area contributed by atoms with E-state index in [9.17, 15) is 4.79 Å². The molecule has 1 amide bonds. The van der Waals surface area contributed by atoms with E-state index in [0.29, 0.717) is 23.2 Å². The molecule has 0 radical (unpaired) electrons. The third-order valence-electron chi connectivity index (χ3n) is 2.40. The molecule has 0 aromatic heterocycles. The summed E-state index contributed by atoms with van der Waals surface area (Å²) in [5, 5.41) is 5.80. The molecule has 0 aliphatic carbocycles. The maximum absolute atomic E-state index is 11.7. The summed E-state index contributed by atoms with van der Waals surface area (Å²) in [5.74, 6) is 1.06. The summed E-state index contributed by atoms with van der Waals surface area (Å²) in [5.41, 5.74) is 0.828. The molecule has 1 rings (SSSR count). The molecule has 0 saturated carbocycles.